The molecule has 2 aromatic carbocycles. The van der Waals surface area contributed by atoms with Gasteiger partial charge in [0.25, 0.3) is 0 Å². The molecule has 3 N–H and O–H groups in total. The predicted octanol–water partition coefficient (Wildman–Crippen LogP) is 3.45. The summed E-state index contributed by atoms with van der Waals surface area (Å²) < 4.78 is 28.8. The average molecular weight is 511 g/mol. The van der Waals surface area contributed by atoms with E-state index >= 15 is 0 Å². The molecule has 0 saturated carbocycles. The number of rotatable bonds is 13. The van der Waals surface area contributed by atoms with E-state index in [0.29, 0.717) is 51.9 Å². The van der Waals surface area contributed by atoms with Crippen LogP contribution in [0.1, 0.15) is 49.4 Å². The Morgan fingerprint density at radius 2 is 1.81 bits per heavy atom. The van der Waals surface area contributed by atoms with Gasteiger partial charge in [0.1, 0.15) is 28.9 Å². The molecule has 0 saturated heterocycles. The van der Waals surface area contributed by atoms with E-state index in [0.717, 1.165) is 47.5 Å². The first-order chi connectivity index (χ1) is 18.0. The largest absolute Gasteiger partial charge is 0.488 e. The third-order valence-electron chi connectivity index (χ3n) is 6.49. The van der Waals surface area contributed by atoms with E-state index in [4.69, 9.17) is 29.4 Å². The number of hydrogen-bond acceptors (Lipinski definition) is 8. The normalized spacial score (nSPS) is 19.5. The molecule has 4 rings (SSSR count). The summed E-state index contributed by atoms with van der Waals surface area (Å²) in [4.78, 5) is 12.0. The SMILES string of the molecule is CC1(C)CC(NC(=C=O)c2ccc3c(c2)CCC(COCCOCCOCCN)O3)c2ccccc2O1. The van der Waals surface area contributed by atoms with Crippen LogP contribution < -0.4 is 20.5 Å². The lowest BCUT2D eigenvalue weighted by molar-refractivity contribution is -0.00731. The number of aryl methyl sites for hydroxylation is 1. The molecule has 2 atom stereocenters. The fraction of sp³-hybridized carbons (Fsp3) is 0.517. The van der Waals surface area contributed by atoms with Gasteiger partial charge in [-0.05, 0) is 56.5 Å². The van der Waals surface area contributed by atoms with E-state index in [-0.39, 0.29) is 17.7 Å². The van der Waals surface area contributed by atoms with Crippen LogP contribution in [0.25, 0.3) is 5.70 Å². The van der Waals surface area contributed by atoms with E-state index in [9.17, 15) is 4.79 Å². The lowest BCUT2D eigenvalue weighted by atomic mass is 9.89. The maximum absolute atomic E-state index is 12.0. The fourth-order valence-electron chi connectivity index (χ4n) is 4.73. The van der Waals surface area contributed by atoms with E-state index in [1.54, 1.807) is 0 Å². The Balaban J connectivity index is 1.29. The van der Waals surface area contributed by atoms with Gasteiger partial charge in [-0.2, -0.15) is 0 Å². The van der Waals surface area contributed by atoms with Crippen molar-refractivity contribution in [3.63, 3.8) is 0 Å². The van der Waals surface area contributed by atoms with Crippen molar-refractivity contribution in [1.82, 2.24) is 5.32 Å². The first kappa shape index (κ1) is 27.2. The van der Waals surface area contributed by atoms with Crippen LogP contribution in [0.2, 0.25) is 0 Å². The van der Waals surface area contributed by atoms with Crippen LogP contribution in [0.3, 0.4) is 0 Å². The van der Waals surface area contributed by atoms with Gasteiger partial charge in [0, 0.05) is 24.1 Å². The quantitative estimate of drug-likeness (QED) is 0.312. The second-order valence-electron chi connectivity index (χ2n) is 9.97. The van der Waals surface area contributed by atoms with Crippen LogP contribution in [0.15, 0.2) is 42.5 Å². The van der Waals surface area contributed by atoms with E-state index < -0.39 is 0 Å². The summed E-state index contributed by atoms with van der Waals surface area (Å²) in [6, 6.07) is 13.8. The number of benzene rings is 2. The minimum atomic E-state index is -0.341. The maximum atomic E-state index is 12.0. The van der Waals surface area contributed by atoms with Crippen molar-refractivity contribution in [2.75, 3.05) is 46.2 Å². The zero-order chi connectivity index (χ0) is 26.1. The third kappa shape index (κ3) is 7.57. The molecule has 0 amide bonds. The summed E-state index contributed by atoms with van der Waals surface area (Å²) in [5.74, 6) is 3.80. The highest BCUT2D eigenvalue weighted by atomic mass is 16.6. The number of ether oxygens (including phenoxy) is 5. The Hall–Kier alpha value is -2.87. The lowest BCUT2D eigenvalue weighted by Crippen LogP contribution is -2.39. The molecular formula is C29H38N2O6. The topological polar surface area (TPSA) is 101 Å². The van der Waals surface area contributed by atoms with Gasteiger partial charge in [0.15, 0.2) is 5.94 Å². The molecule has 200 valence electrons. The summed E-state index contributed by atoms with van der Waals surface area (Å²) in [7, 11) is 0. The molecule has 2 heterocycles. The van der Waals surface area contributed by atoms with Gasteiger partial charge in [-0.15, -0.1) is 0 Å². The Kier molecular flexibility index (Phi) is 9.61. The predicted molar refractivity (Wildman–Crippen MR) is 141 cm³/mol. The molecule has 0 aromatic heterocycles. The summed E-state index contributed by atoms with van der Waals surface area (Å²) in [5.41, 5.74) is 8.41. The van der Waals surface area contributed by atoms with Crippen LogP contribution in [-0.2, 0) is 25.4 Å². The number of para-hydroxylation sites is 1. The number of carbonyl (C=O) groups excluding carboxylic acids is 1. The van der Waals surface area contributed by atoms with Crippen molar-refractivity contribution < 1.29 is 28.5 Å². The molecule has 0 bridgehead atoms. The van der Waals surface area contributed by atoms with Crippen LogP contribution in [0.5, 0.6) is 11.5 Å². The van der Waals surface area contributed by atoms with Gasteiger partial charge in [0.2, 0.25) is 0 Å². The molecule has 8 nitrogen and oxygen atoms in total. The van der Waals surface area contributed by atoms with E-state index in [1.807, 2.05) is 42.5 Å². The number of hydrogen-bond donors (Lipinski definition) is 2. The molecule has 0 radical (unpaired) electrons. The molecule has 2 aliphatic rings. The molecule has 2 unspecified atom stereocenters. The summed E-state index contributed by atoms with van der Waals surface area (Å²) in [6.07, 6.45) is 2.43. The Morgan fingerprint density at radius 3 is 2.59 bits per heavy atom. The molecule has 37 heavy (non-hydrogen) atoms. The second kappa shape index (κ2) is 13.1. The minimum absolute atomic E-state index is 0.00795. The van der Waals surface area contributed by atoms with Gasteiger partial charge in [0.05, 0.1) is 45.7 Å². The van der Waals surface area contributed by atoms with Gasteiger partial charge in [-0.25, -0.2) is 4.79 Å². The van der Waals surface area contributed by atoms with Crippen molar-refractivity contribution in [3.8, 4) is 11.5 Å². The van der Waals surface area contributed by atoms with Crippen LogP contribution in [0.4, 0.5) is 0 Å². The maximum Gasteiger partial charge on any atom is 0.150 e. The standard InChI is InChI=1S/C29H38N2O6/c1-29(2)18-25(24-5-3-4-6-28(24)37-29)31-26(19-32)21-8-10-27-22(17-21)7-9-23(36-27)20-35-16-15-34-14-13-33-12-11-30/h3-6,8,10,17,23,25,31H,7,9,11-16,18,20,30H2,1-2H3. The third-order valence-corrected chi connectivity index (χ3v) is 6.49. The zero-order valence-corrected chi connectivity index (χ0v) is 21.8. The van der Waals surface area contributed by atoms with Gasteiger partial charge < -0.3 is 34.7 Å². The fourth-order valence-corrected chi connectivity index (χ4v) is 4.73. The highest BCUT2D eigenvalue weighted by Crippen LogP contribution is 2.40. The first-order valence-electron chi connectivity index (χ1n) is 13.0. The van der Waals surface area contributed by atoms with Crippen molar-refractivity contribution in [3.05, 3.63) is 59.2 Å². The first-order valence-corrected chi connectivity index (χ1v) is 13.0. The zero-order valence-electron chi connectivity index (χ0n) is 21.8. The Bertz CT molecular complexity index is 1080. The molecule has 2 aromatic rings. The number of fused-ring (bicyclic) bond motifs is 2. The van der Waals surface area contributed by atoms with Crippen molar-refractivity contribution in [2.24, 2.45) is 5.73 Å². The van der Waals surface area contributed by atoms with Crippen molar-refractivity contribution >= 4 is 11.6 Å². The van der Waals surface area contributed by atoms with Crippen LogP contribution in [-0.4, -0.2) is 63.8 Å². The van der Waals surface area contributed by atoms with Gasteiger partial charge in [-0.3, -0.25) is 0 Å². The van der Waals surface area contributed by atoms with Crippen LogP contribution >= 0.6 is 0 Å². The molecule has 0 fully saturated rings. The van der Waals surface area contributed by atoms with Crippen molar-refractivity contribution in [1.29, 1.82) is 0 Å². The monoisotopic (exact) mass is 510 g/mol. The molecule has 0 aliphatic carbocycles. The van der Waals surface area contributed by atoms with Gasteiger partial charge >= 0.3 is 0 Å². The van der Waals surface area contributed by atoms with E-state index in [1.165, 1.54) is 0 Å². The van der Waals surface area contributed by atoms with E-state index in [2.05, 4.69) is 25.1 Å². The minimum Gasteiger partial charge on any atom is -0.488 e. The molecule has 0 spiro atoms. The summed E-state index contributed by atoms with van der Waals surface area (Å²) in [6.45, 7) is 7.79. The summed E-state index contributed by atoms with van der Waals surface area (Å²) >= 11 is 0. The lowest BCUT2D eigenvalue weighted by Gasteiger charge is -2.38. The van der Waals surface area contributed by atoms with Crippen LogP contribution in [0, 0.1) is 0 Å². The highest BCUT2D eigenvalue weighted by molar-refractivity contribution is 5.87. The van der Waals surface area contributed by atoms with Gasteiger partial charge in [-0.1, -0.05) is 18.2 Å². The van der Waals surface area contributed by atoms with Crippen molar-refractivity contribution in [2.45, 2.75) is 50.9 Å². The highest BCUT2D eigenvalue weighted by Gasteiger charge is 2.34. The Labute approximate surface area is 219 Å². The molecular weight excluding hydrogens is 472 g/mol. The second-order valence-corrected chi connectivity index (χ2v) is 9.97. The Morgan fingerprint density at radius 1 is 1.05 bits per heavy atom. The number of nitrogens with one attached hydrogen (secondary N) is 1. The smallest absolute Gasteiger partial charge is 0.150 e. The number of nitrogens with two attached hydrogens (primary N) is 1. The molecule has 2 aliphatic heterocycles. The summed E-state index contributed by atoms with van der Waals surface area (Å²) in [5, 5.41) is 3.44. The molecule has 8 heteroatoms. The average Bonchev–Trinajstić information content (AvgIpc) is 2.89.